The lowest BCUT2D eigenvalue weighted by Gasteiger charge is -2.16. The molecule has 1 heteroatoms. The van der Waals surface area contributed by atoms with Crippen LogP contribution in [0.15, 0.2) is 95.4 Å². The van der Waals surface area contributed by atoms with Crippen LogP contribution in [0.25, 0.3) is 48.9 Å². The number of hydrogen-bond donors (Lipinski definition) is 0. The monoisotopic (exact) mass is 410 g/mol. The van der Waals surface area contributed by atoms with Gasteiger partial charge in [0.1, 0.15) is 11.3 Å². The van der Waals surface area contributed by atoms with E-state index >= 15 is 0 Å². The van der Waals surface area contributed by atoms with E-state index in [1.54, 1.807) is 0 Å². The number of hydrogen-bond acceptors (Lipinski definition) is 1. The zero-order valence-electron chi connectivity index (χ0n) is 18.0. The highest BCUT2D eigenvalue weighted by Crippen LogP contribution is 2.42. The molecule has 0 saturated heterocycles. The molecule has 5 aromatic carbocycles. The van der Waals surface area contributed by atoms with Crippen LogP contribution in [-0.4, -0.2) is 0 Å². The van der Waals surface area contributed by atoms with Crippen LogP contribution in [0.4, 0.5) is 0 Å². The van der Waals surface area contributed by atoms with Gasteiger partial charge in [-0.2, -0.15) is 0 Å². The number of aryl methyl sites for hydroxylation is 2. The number of allylic oxidation sites excluding steroid dienone is 1. The zero-order valence-corrected chi connectivity index (χ0v) is 18.0. The first-order chi connectivity index (χ1) is 15.8. The molecule has 0 saturated carbocycles. The maximum Gasteiger partial charge on any atom is 0.135 e. The Hall–Kier alpha value is -3.84. The fraction of sp³-hybridized carbons (Fsp3) is 0.0968. The van der Waals surface area contributed by atoms with Gasteiger partial charge in [0.25, 0.3) is 0 Å². The zero-order chi connectivity index (χ0) is 21.2. The minimum Gasteiger partial charge on any atom is -0.460 e. The predicted molar refractivity (Wildman–Crippen MR) is 135 cm³/mol. The summed E-state index contributed by atoms with van der Waals surface area (Å²) >= 11 is 0. The standard InChI is InChI=1S/C31H22O/c1-19-8-6-14-28-30(19)31-21(13-7-15-29(31)32-28)20-16-17-26-24-11-3-2-9-22(24)23-10-4-5-12-25(23)27(26)18-20/h2-6,8-14,16-18H,7,15H2,1H3. The van der Waals surface area contributed by atoms with Gasteiger partial charge in [-0.15, -0.1) is 0 Å². The molecule has 0 radical (unpaired) electrons. The Labute approximate surface area is 186 Å². The average Bonchev–Trinajstić information content (AvgIpc) is 3.24. The van der Waals surface area contributed by atoms with Crippen LogP contribution in [0.3, 0.4) is 0 Å². The average molecular weight is 411 g/mol. The minimum absolute atomic E-state index is 0.966. The summed E-state index contributed by atoms with van der Waals surface area (Å²) in [5.41, 5.74) is 6.13. The molecule has 1 heterocycles. The van der Waals surface area contributed by atoms with Crippen LogP contribution in [0.2, 0.25) is 0 Å². The normalized spacial score (nSPS) is 13.7. The van der Waals surface area contributed by atoms with Crippen LogP contribution in [0.5, 0.6) is 0 Å². The molecule has 1 aromatic heterocycles. The van der Waals surface area contributed by atoms with Crippen molar-refractivity contribution in [1.82, 2.24) is 0 Å². The molecular formula is C31H22O. The first kappa shape index (κ1) is 17.8. The van der Waals surface area contributed by atoms with E-state index in [0.29, 0.717) is 0 Å². The van der Waals surface area contributed by atoms with Crippen LogP contribution in [-0.2, 0) is 6.42 Å². The molecular weight excluding hydrogens is 388 g/mol. The highest BCUT2D eigenvalue weighted by Gasteiger charge is 2.23. The second kappa shape index (κ2) is 6.58. The van der Waals surface area contributed by atoms with Gasteiger partial charge in [0, 0.05) is 17.4 Å². The van der Waals surface area contributed by atoms with Crippen molar-refractivity contribution in [2.75, 3.05) is 0 Å². The third kappa shape index (κ3) is 2.39. The van der Waals surface area contributed by atoms with Gasteiger partial charge in [-0.3, -0.25) is 0 Å². The molecule has 1 aliphatic carbocycles. The Morgan fingerprint density at radius 1 is 0.656 bits per heavy atom. The maximum atomic E-state index is 6.30. The minimum atomic E-state index is 0.966. The number of fused-ring (bicyclic) bond motifs is 9. The van der Waals surface area contributed by atoms with E-state index in [9.17, 15) is 0 Å². The lowest BCUT2D eigenvalue weighted by molar-refractivity contribution is 0.545. The molecule has 0 bridgehead atoms. The maximum absolute atomic E-state index is 6.30. The fourth-order valence-electron chi connectivity index (χ4n) is 5.62. The number of furan rings is 1. The summed E-state index contributed by atoms with van der Waals surface area (Å²) in [6.07, 6.45) is 4.37. The first-order valence-corrected chi connectivity index (χ1v) is 11.3. The van der Waals surface area contributed by atoms with Crippen molar-refractivity contribution >= 4 is 48.9 Å². The molecule has 0 aliphatic heterocycles. The summed E-state index contributed by atoms with van der Waals surface area (Å²) < 4.78 is 6.30. The van der Waals surface area contributed by atoms with Crippen LogP contribution in [0.1, 0.15) is 28.9 Å². The van der Waals surface area contributed by atoms with Crippen molar-refractivity contribution in [1.29, 1.82) is 0 Å². The van der Waals surface area contributed by atoms with Gasteiger partial charge >= 0.3 is 0 Å². The van der Waals surface area contributed by atoms with Crippen LogP contribution < -0.4 is 0 Å². The SMILES string of the molecule is Cc1cccc2oc3c(c12)C(c1ccc2c4ccccc4c4ccccc4c2c1)=CCC3. The van der Waals surface area contributed by atoms with Gasteiger partial charge < -0.3 is 4.42 Å². The van der Waals surface area contributed by atoms with Gasteiger partial charge in [0.15, 0.2) is 0 Å². The quantitative estimate of drug-likeness (QED) is 0.247. The van der Waals surface area contributed by atoms with Gasteiger partial charge in [0.05, 0.1) is 0 Å². The molecule has 0 fully saturated rings. The molecule has 6 aromatic rings. The fourth-order valence-corrected chi connectivity index (χ4v) is 5.62. The van der Waals surface area contributed by atoms with E-state index in [-0.39, 0.29) is 0 Å². The number of rotatable bonds is 1. The lowest BCUT2D eigenvalue weighted by atomic mass is 9.86. The Morgan fingerprint density at radius 2 is 1.31 bits per heavy atom. The molecule has 0 N–H and O–H groups in total. The van der Waals surface area contributed by atoms with Crippen LogP contribution >= 0.6 is 0 Å². The highest BCUT2D eigenvalue weighted by atomic mass is 16.3. The molecule has 0 spiro atoms. The highest BCUT2D eigenvalue weighted by molar-refractivity contribution is 6.25. The summed E-state index contributed by atoms with van der Waals surface area (Å²) in [7, 11) is 0. The Kier molecular flexibility index (Phi) is 3.66. The number of benzene rings is 5. The smallest absolute Gasteiger partial charge is 0.135 e. The van der Waals surface area contributed by atoms with Crippen molar-refractivity contribution in [3.05, 3.63) is 113 Å². The molecule has 1 aliphatic rings. The molecule has 32 heavy (non-hydrogen) atoms. The van der Waals surface area contributed by atoms with E-state index in [4.69, 9.17) is 4.42 Å². The first-order valence-electron chi connectivity index (χ1n) is 11.3. The molecule has 0 amide bonds. The van der Waals surface area contributed by atoms with Gasteiger partial charge in [0.2, 0.25) is 0 Å². The third-order valence-electron chi connectivity index (χ3n) is 7.04. The second-order valence-electron chi connectivity index (χ2n) is 8.86. The van der Waals surface area contributed by atoms with Crippen molar-refractivity contribution in [2.45, 2.75) is 19.8 Å². The second-order valence-corrected chi connectivity index (χ2v) is 8.86. The van der Waals surface area contributed by atoms with Gasteiger partial charge in [-0.25, -0.2) is 0 Å². The topological polar surface area (TPSA) is 13.1 Å². The summed E-state index contributed by atoms with van der Waals surface area (Å²) in [4.78, 5) is 0. The molecule has 0 atom stereocenters. The van der Waals surface area contributed by atoms with E-state index < -0.39 is 0 Å². The van der Waals surface area contributed by atoms with Gasteiger partial charge in [-0.05, 0) is 74.5 Å². The lowest BCUT2D eigenvalue weighted by Crippen LogP contribution is -1.99. The van der Waals surface area contributed by atoms with E-state index in [0.717, 1.165) is 24.2 Å². The van der Waals surface area contributed by atoms with E-state index in [1.807, 2.05) is 0 Å². The summed E-state index contributed by atoms with van der Waals surface area (Å²) in [5, 5.41) is 9.15. The van der Waals surface area contributed by atoms with Crippen molar-refractivity contribution < 1.29 is 4.42 Å². The molecule has 1 nitrogen and oxygen atoms in total. The van der Waals surface area contributed by atoms with Crippen molar-refractivity contribution in [3.63, 3.8) is 0 Å². The Balaban J connectivity index is 1.56. The van der Waals surface area contributed by atoms with Crippen molar-refractivity contribution in [2.24, 2.45) is 0 Å². The Bertz CT molecular complexity index is 1690. The molecule has 152 valence electrons. The van der Waals surface area contributed by atoms with E-state index in [2.05, 4.69) is 97.9 Å². The van der Waals surface area contributed by atoms with Crippen molar-refractivity contribution in [3.8, 4) is 0 Å². The molecule has 0 unspecified atom stereocenters. The predicted octanol–water partition coefficient (Wildman–Crippen LogP) is 8.58. The summed E-state index contributed by atoms with van der Waals surface area (Å²) in [6.45, 7) is 2.18. The molecule has 7 rings (SSSR count). The Morgan fingerprint density at radius 3 is 2.03 bits per heavy atom. The largest absolute Gasteiger partial charge is 0.460 e. The van der Waals surface area contributed by atoms with Crippen LogP contribution in [0, 0.1) is 6.92 Å². The summed E-state index contributed by atoms with van der Waals surface area (Å²) in [5.74, 6) is 1.12. The third-order valence-corrected chi connectivity index (χ3v) is 7.04. The van der Waals surface area contributed by atoms with E-state index in [1.165, 1.54) is 60.0 Å². The van der Waals surface area contributed by atoms with Gasteiger partial charge in [-0.1, -0.05) is 78.9 Å². The summed E-state index contributed by atoms with van der Waals surface area (Å²) in [6, 6.07) is 30.9.